The van der Waals surface area contributed by atoms with E-state index in [2.05, 4.69) is 53.0 Å². The fourth-order valence-corrected chi connectivity index (χ4v) is 5.04. The van der Waals surface area contributed by atoms with Crippen LogP contribution in [0.15, 0.2) is 115 Å². The van der Waals surface area contributed by atoms with Crippen molar-refractivity contribution in [3.05, 3.63) is 149 Å². The third kappa shape index (κ3) is 6.72. The van der Waals surface area contributed by atoms with Crippen LogP contribution in [-0.4, -0.2) is 21.8 Å². The molecule has 0 aliphatic rings. The van der Waals surface area contributed by atoms with Crippen LogP contribution in [-0.2, 0) is 17.8 Å². The summed E-state index contributed by atoms with van der Waals surface area (Å²) in [6, 6.07) is 38.5. The summed E-state index contributed by atoms with van der Waals surface area (Å²) in [4.78, 5) is 20.3. The van der Waals surface area contributed by atoms with E-state index >= 15 is 0 Å². The van der Waals surface area contributed by atoms with Crippen molar-refractivity contribution in [2.24, 2.45) is 0 Å². The number of amides is 1. The van der Waals surface area contributed by atoms with E-state index in [0.717, 1.165) is 27.6 Å². The van der Waals surface area contributed by atoms with E-state index in [-0.39, 0.29) is 18.5 Å². The molecule has 0 fully saturated rings. The van der Waals surface area contributed by atoms with Crippen LogP contribution in [0.25, 0.3) is 0 Å². The highest BCUT2D eigenvalue weighted by Gasteiger charge is 2.21. The van der Waals surface area contributed by atoms with Gasteiger partial charge in [-0.25, -0.2) is 4.98 Å². The van der Waals surface area contributed by atoms with E-state index in [4.69, 9.17) is 4.98 Å². The van der Waals surface area contributed by atoms with E-state index in [9.17, 15) is 4.79 Å². The Morgan fingerprint density at radius 1 is 0.789 bits per heavy atom. The van der Waals surface area contributed by atoms with Crippen molar-refractivity contribution in [2.45, 2.75) is 25.9 Å². The van der Waals surface area contributed by atoms with Gasteiger partial charge in [0.2, 0.25) is 11.0 Å². The summed E-state index contributed by atoms with van der Waals surface area (Å²) in [5.41, 5.74) is 5.58. The molecule has 1 N–H and O–H groups in total. The lowest BCUT2D eigenvalue weighted by atomic mass is 9.99. The molecule has 1 amide bonds. The highest BCUT2D eigenvalue weighted by molar-refractivity contribution is 7.09. The average Bonchev–Trinajstić information content (AvgIpc) is 3.43. The minimum Gasteiger partial charge on any atom is -0.344 e. The lowest BCUT2D eigenvalue weighted by Gasteiger charge is -2.24. The third-order valence-corrected chi connectivity index (χ3v) is 7.15. The largest absolute Gasteiger partial charge is 0.344 e. The first-order valence-electron chi connectivity index (χ1n) is 12.7. The van der Waals surface area contributed by atoms with Crippen molar-refractivity contribution >= 4 is 22.6 Å². The molecular formula is C32H30N4OS. The van der Waals surface area contributed by atoms with Gasteiger partial charge in [0.15, 0.2) is 0 Å². The Morgan fingerprint density at radius 3 is 1.97 bits per heavy atom. The van der Waals surface area contributed by atoms with E-state index in [1.54, 1.807) is 0 Å². The van der Waals surface area contributed by atoms with Gasteiger partial charge >= 0.3 is 0 Å². The number of carbonyl (C=O) groups excluding carboxylic acids is 1. The van der Waals surface area contributed by atoms with Crippen LogP contribution < -0.4 is 10.2 Å². The summed E-state index contributed by atoms with van der Waals surface area (Å²) in [6.45, 7) is 2.81. The molecule has 5 aromatic rings. The number of carbonyl (C=O) groups is 1. The zero-order valence-electron chi connectivity index (χ0n) is 21.3. The van der Waals surface area contributed by atoms with Crippen LogP contribution in [0.3, 0.4) is 0 Å². The second-order valence-electron chi connectivity index (χ2n) is 9.32. The van der Waals surface area contributed by atoms with Crippen LogP contribution in [0.2, 0.25) is 0 Å². The Balaban J connectivity index is 1.36. The van der Waals surface area contributed by atoms with Gasteiger partial charge in [-0.15, -0.1) is 0 Å². The number of nitrogens with one attached hydrogen (secondary N) is 1. The number of benzene rings is 4. The number of hydrogen-bond donors (Lipinski definition) is 1. The second kappa shape index (κ2) is 12.3. The Bertz CT molecular complexity index is 1400. The number of aromatic nitrogens is 2. The number of aryl methyl sites for hydroxylation is 1. The Morgan fingerprint density at radius 2 is 1.37 bits per heavy atom. The maximum absolute atomic E-state index is 13.5. The zero-order chi connectivity index (χ0) is 26.2. The van der Waals surface area contributed by atoms with E-state index in [1.807, 2.05) is 83.8 Å². The molecule has 190 valence electrons. The molecule has 1 aromatic heterocycles. The Labute approximate surface area is 228 Å². The molecule has 4 aromatic carbocycles. The molecule has 38 heavy (non-hydrogen) atoms. The zero-order valence-corrected chi connectivity index (χ0v) is 22.1. The number of nitrogens with zero attached hydrogens (tertiary/aromatic N) is 3. The van der Waals surface area contributed by atoms with Gasteiger partial charge in [0.25, 0.3) is 0 Å². The molecule has 0 radical (unpaired) electrons. The van der Waals surface area contributed by atoms with Crippen molar-refractivity contribution in [3.63, 3.8) is 0 Å². The first kappa shape index (κ1) is 25.4. The summed E-state index contributed by atoms with van der Waals surface area (Å²) in [5.74, 6) is 0.688. The van der Waals surface area contributed by atoms with Crippen molar-refractivity contribution in [1.29, 1.82) is 0 Å². The lowest BCUT2D eigenvalue weighted by Crippen LogP contribution is -2.39. The Hall–Kier alpha value is -4.29. The van der Waals surface area contributed by atoms with Crippen molar-refractivity contribution in [1.82, 2.24) is 14.7 Å². The predicted octanol–water partition coefficient (Wildman–Crippen LogP) is 6.35. The molecule has 0 spiro atoms. The van der Waals surface area contributed by atoms with E-state index in [1.165, 1.54) is 22.7 Å². The first-order valence-corrected chi connectivity index (χ1v) is 13.5. The van der Waals surface area contributed by atoms with E-state index < -0.39 is 0 Å². The summed E-state index contributed by atoms with van der Waals surface area (Å²) < 4.78 is 4.62. The van der Waals surface area contributed by atoms with Gasteiger partial charge in [0.05, 0.1) is 12.6 Å². The summed E-state index contributed by atoms with van der Waals surface area (Å²) in [5, 5.41) is 4.00. The summed E-state index contributed by atoms with van der Waals surface area (Å²) in [7, 11) is 0. The molecular weight excluding hydrogens is 488 g/mol. The third-order valence-electron chi connectivity index (χ3n) is 6.33. The standard InChI is InChI=1S/C32H30N4OS/c1-24-17-19-25(20-18-24)21-29-33-32(38-35-29)36(22-26-11-5-2-6-12-26)23-30(37)34-31(27-13-7-3-8-14-27)28-15-9-4-10-16-28/h2-20,31H,21-23H2,1H3,(H,34,37). The molecule has 0 aliphatic carbocycles. The van der Waals surface area contributed by atoms with Crippen molar-refractivity contribution in [3.8, 4) is 0 Å². The molecule has 5 nitrogen and oxygen atoms in total. The van der Waals surface area contributed by atoms with Gasteiger partial charge in [0, 0.05) is 24.5 Å². The SMILES string of the molecule is Cc1ccc(Cc2nsc(N(CC(=O)NC(c3ccccc3)c3ccccc3)Cc3ccccc3)n2)cc1. The molecule has 0 atom stereocenters. The molecule has 0 unspecified atom stereocenters. The summed E-state index contributed by atoms with van der Waals surface area (Å²) in [6.07, 6.45) is 0.659. The minimum atomic E-state index is -0.241. The number of anilines is 1. The quantitative estimate of drug-likeness (QED) is 0.234. The van der Waals surface area contributed by atoms with Gasteiger partial charge in [-0.05, 0) is 29.2 Å². The maximum Gasteiger partial charge on any atom is 0.240 e. The first-order chi connectivity index (χ1) is 18.6. The predicted molar refractivity (Wildman–Crippen MR) is 154 cm³/mol. The highest BCUT2D eigenvalue weighted by Crippen LogP contribution is 2.24. The number of rotatable bonds is 10. The maximum atomic E-state index is 13.5. The molecule has 1 heterocycles. The summed E-state index contributed by atoms with van der Waals surface area (Å²) >= 11 is 1.34. The van der Waals surface area contributed by atoms with Crippen LogP contribution in [0.5, 0.6) is 0 Å². The molecule has 0 bridgehead atoms. The topological polar surface area (TPSA) is 58.1 Å². The minimum absolute atomic E-state index is 0.0751. The van der Waals surface area contributed by atoms with Crippen LogP contribution in [0.4, 0.5) is 5.13 Å². The molecule has 0 saturated heterocycles. The number of hydrogen-bond acceptors (Lipinski definition) is 5. The van der Waals surface area contributed by atoms with Gasteiger partial charge in [0.1, 0.15) is 5.82 Å². The van der Waals surface area contributed by atoms with Gasteiger partial charge < -0.3 is 10.2 Å². The molecule has 5 rings (SSSR count). The Kier molecular flexibility index (Phi) is 8.21. The van der Waals surface area contributed by atoms with Crippen molar-refractivity contribution in [2.75, 3.05) is 11.4 Å². The van der Waals surface area contributed by atoms with Gasteiger partial charge in [-0.1, -0.05) is 121 Å². The lowest BCUT2D eigenvalue weighted by molar-refractivity contribution is -0.120. The van der Waals surface area contributed by atoms with Gasteiger partial charge in [-0.3, -0.25) is 4.79 Å². The monoisotopic (exact) mass is 518 g/mol. The fraction of sp³-hybridized carbons (Fsp3) is 0.156. The van der Waals surface area contributed by atoms with Crippen molar-refractivity contribution < 1.29 is 4.79 Å². The smallest absolute Gasteiger partial charge is 0.240 e. The average molecular weight is 519 g/mol. The molecule has 0 aliphatic heterocycles. The normalized spacial score (nSPS) is 10.9. The van der Waals surface area contributed by atoms with Crippen LogP contribution in [0.1, 0.15) is 39.7 Å². The molecule has 6 heteroatoms. The second-order valence-corrected chi connectivity index (χ2v) is 10.0. The highest BCUT2D eigenvalue weighted by atomic mass is 32.1. The van der Waals surface area contributed by atoms with E-state index in [0.29, 0.717) is 13.0 Å². The fourth-order valence-electron chi connectivity index (χ4n) is 4.36. The molecule has 0 saturated carbocycles. The van der Waals surface area contributed by atoms with Gasteiger partial charge in [-0.2, -0.15) is 4.37 Å². The van der Waals surface area contributed by atoms with Crippen LogP contribution in [0, 0.1) is 6.92 Å². The van der Waals surface area contributed by atoms with Crippen LogP contribution >= 0.6 is 11.5 Å².